The van der Waals surface area contributed by atoms with Gasteiger partial charge in [0.25, 0.3) is 0 Å². The summed E-state index contributed by atoms with van der Waals surface area (Å²) in [6.45, 7) is 9.62. The molecule has 1 aromatic carbocycles. The average molecular weight is 471 g/mol. The predicted molar refractivity (Wildman–Crippen MR) is 111 cm³/mol. The third kappa shape index (κ3) is 4.82. The second-order valence-electron chi connectivity index (χ2n) is 7.52. The fourth-order valence-corrected chi connectivity index (χ4v) is 3.46. The van der Waals surface area contributed by atoms with Crippen LogP contribution in [0.3, 0.4) is 0 Å². The number of alkyl halides is 1. The van der Waals surface area contributed by atoms with Crippen molar-refractivity contribution in [3.63, 3.8) is 0 Å². The molecule has 6 nitrogen and oxygen atoms in total. The van der Waals surface area contributed by atoms with Crippen molar-refractivity contribution < 1.29 is 14.3 Å². The molecule has 2 aromatic rings. The van der Waals surface area contributed by atoms with Crippen molar-refractivity contribution in [2.45, 2.75) is 32.9 Å². The van der Waals surface area contributed by atoms with E-state index in [0.717, 1.165) is 30.9 Å². The van der Waals surface area contributed by atoms with Crippen molar-refractivity contribution in [3.8, 4) is 5.75 Å². The Morgan fingerprint density at radius 2 is 1.96 bits per heavy atom. The van der Waals surface area contributed by atoms with E-state index in [1.807, 2.05) is 26.8 Å². The Balaban J connectivity index is 1.60. The molecule has 1 aromatic heterocycles. The molecule has 0 radical (unpaired) electrons. The average Bonchev–Trinajstić information content (AvgIpc) is 2.97. The number of amides is 1. The fourth-order valence-electron chi connectivity index (χ4n) is 3.10. The predicted octanol–water partition coefficient (Wildman–Crippen LogP) is 3.99. The van der Waals surface area contributed by atoms with E-state index in [0.29, 0.717) is 17.7 Å². The molecule has 142 valence electrons. The molecular weight excluding hydrogens is 445 g/mol. The summed E-state index contributed by atoms with van der Waals surface area (Å²) in [5.74, 6) is 0.891. The van der Waals surface area contributed by atoms with Crippen molar-refractivity contribution in [3.05, 3.63) is 30.0 Å². The minimum absolute atomic E-state index is 0.218. The number of carbonyl (C=O) groups is 1. The van der Waals surface area contributed by atoms with Gasteiger partial charge in [-0.1, -0.05) is 0 Å². The molecule has 26 heavy (non-hydrogen) atoms. The first-order valence-corrected chi connectivity index (χ1v) is 10.4. The van der Waals surface area contributed by atoms with E-state index in [1.54, 1.807) is 4.90 Å². The lowest BCUT2D eigenvalue weighted by Crippen LogP contribution is -2.49. The van der Waals surface area contributed by atoms with Crippen LogP contribution >= 0.6 is 22.6 Å². The number of ether oxygens (including phenoxy) is 2. The summed E-state index contributed by atoms with van der Waals surface area (Å²) in [5.41, 5.74) is 1.92. The van der Waals surface area contributed by atoms with E-state index >= 15 is 0 Å². The minimum atomic E-state index is -0.448. The van der Waals surface area contributed by atoms with Crippen molar-refractivity contribution in [1.29, 1.82) is 0 Å². The highest BCUT2D eigenvalue weighted by atomic mass is 127. The van der Waals surface area contributed by atoms with Gasteiger partial charge in [-0.3, -0.25) is 4.90 Å². The van der Waals surface area contributed by atoms with Crippen LogP contribution in [0.2, 0.25) is 0 Å². The zero-order chi connectivity index (χ0) is 18.7. The normalized spacial score (nSPS) is 16.1. The molecule has 0 saturated carbocycles. The highest BCUT2D eigenvalue weighted by Crippen LogP contribution is 2.25. The Morgan fingerprint density at radius 3 is 2.62 bits per heavy atom. The number of halogens is 1. The molecular formula is C19H26IN3O3. The second kappa shape index (κ2) is 8.04. The molecule has 1 aliphatic rings. The molecule has 1 fully saturated rings. The van der Waals surface area contributed by atoms with Gasteiger partial charge >= 0.3 is 6.09 Å². The van der Waals surface area contributed by atoms with E-state index in [1.165, 1.54) is 10.9 Å². The number of hydrogen-bond acceptors (Lipinski definition) is 4. The molecule has 1 aliphatic heterocycles. The van der Waals surface area contributed by atoms with Gasteiger partial charge in [0.2, 0.25) is 0 Å². The molecule has 0 aliphatic carbocycles. The number of piperazine rings is 1. The fraction of sp³-hybridized carbons (Fsp3) is 0.526. The molecule has 2 heterocycles. The Kier molecular flexibility index (Phi) is 5.96. The Hall–Kier alpha value is -1.48. The second-order valence-corrected chi connectivity index (χ2v) is 8.14. The van der Waals surface area contributed by atoms with Gasteiger partial charge in [0, 0.05) is 49.8 Å². The van der Waals surface area contributed by atoms with Crippen LogP contribution in [0.5, 0.6) is 5.75 Å². The first kappa shape index (κ1) is 19.3. The highest BCUT2D eigenvalue weighted by Gasteiger charge is 2.26. The summed E-state index contributed by atoms with van der Waals surface area (Å²) in [5, 5.41) is 1.20. The van der Waals surface area contributed by atoms with E-state index in [-0.39, 0.29) is 6.09 Å². The van der Waals surface area contributed by atoms with Crippen LogP contribution in [0.4, 0.5) is 4.79 Å². The number of carbonyl (C=O) groups excluding carboxylic acids is 1. The quantitative estimate of drug-likeness (QED) is 0.542. The summed E-state index contributed by atoms with van der Waals surface area (Å²) in [4.78, 5) is 19.7. The molecule has 0 bridgehead atoms. The maximum Gasteiger partial charge on any atom is 0.410 e. The maximum atomic E-state index is 12.2. The van der Waals surface area contributed by atoms with Gasteiger partial charge < -0.3 is 19.4 Å². The monoisotopic (exact) mass is 471 g/mol. The summed E-state index contributed by atoms with van der Waals surface area (Å²) in [6, 6.07) is 6.14. The summed E-state index contributed by atoms with van der Waals surface area (Å²) < 4.78 is 11.7. The van der Waals surface area contributed by atoms with Gasteiger partial charge in [-0.25, -0.2) is 4.79 Å². The molecule has 1 amide bonds. The number of hydrogen-bond donors (Lipinski definition) is 1. The van der Waals surface area contributed by atoms with Gasteiger partial charge in [0.1, 0.15) is 16.0 Å². The molecule has 0 unspecified atom stereocenters. The zero-order valence-corrected chi connectivity index (χ0v) is 17.7. The molecule has 1 N–H and O–H groups in total. The number of H-pyrrole nitrogens is 1. The van der Waals surface area contributed by atoms with Gasteiger partial charge in [0.15, 0.2) is 0 Å². The lowest BCUT2D eigenvalue weighted by atomic mass is 10.1. The van der Waals surface area contributed by atoms with Gasteiger partial charge in [-0.2, -0.15) is 0 Å². The van der Waals surface area contributed by atoms with E-state index in [9.17, 15) is 4.79 Å². The topological polar surface area (TPSA) is 57.8 Å². The Bertz CT molecular complexity index is 761. The third-order valence-corrected chi connectivity index (χ3v) is 4.69. The van der Waals surface area contributed by atoms with Gasteiger partial charge in [-0.15, -0.1) is 0 Å². The van der Waals surface area contributed by atoms with Crippen molar-refractivity contribution in [2.24, 2.45) is 0 Å². The van der Waals surface area contributed by atoms with Crippen molar-refractivity contribution in [1.82, 2.24) is 14.8 Å². The molecule has 0 spiro atoms. The third-order valence-electron chi connectivity index (χ3n) is 4.38. The Labute approximate surface area is 168 Å². The standard InChI is InChI=1S/C19H26IN3O3/c1-19(2,3)26-18(24)23-8-6-22(7-9-23)12-14-11-21-17-5-4-15(25-13-20)10-16(14)17/h4-5,10-11,21H,6-9,12-13H2,1-3H3. The van der Waals surface area contributed by atoms with Crippen molar-refractivity contribution >= 4 is 39.6 Å². The van der Waals surface area contributed by atoms with Crippen molar-refractivity contribution in [2.75, 3.05) is 30.8 Å². The van der Waals surface area contributed by atoms with Gasteiger partial charge in [-0.05, 0) is 67.1 Å². The number of rotatable bonds is 4. The van der Waals surface area contributed by atoms with Crippen LogP contribution in [0.15, 0.2) is 24.4 Å². The number of fused-ring (bicyclic) bond motifs is 1. The molecule has 1 saturated heterocycles. The van der Waals surface area contributed by atoms with Crippen LogP contribution in [0, 0.1) is 0 Å². The van der Waals surface area contributed by atoms with E-state index in [4.69, 9.17) is 9.47 Å². The first-order valence-electron chi connectivity index (χ1n) is 8.85. The van der Waals surface area contributed by atoms with Crippen LogP contribution < -0.4 is 4.74 Å². The lowest BCUT2D eigenvalue weighted by molar-refractivity contribution is 0.0139. The smallest absolute Gasteiger partial charge is 0.410 e. The number of aromatic nitrogens is 1. The zero-order valence-electron chi connectivity index (χ0n) is 15.5. The highest BCUT2D eigenvalue weighted by molar-refractivity contribution is 14.1. The summed E-state index contributed by atoms with van der Waals surface area (Å²) >= 11 is 2.20. The van der Waals surface area contributed by atoms with E-state index in [2.05, 4.69) is 50.8 Å². The van der Waals surface area contributed by atoms with Crippen LogP contribution in [0.1, 0.15) is 26.3 Å². The summed E-state index contributed by atoms with van der Waals surface area (Å²) in [6.07, 6.45) is 1.85. The molecule has 0 atom stereocenters. The van der Waals surface area contributed by atoms with Crippen LogP contribution in [-0.2, 0) is 11.3 Å². The Morgan fingerprint density at radius 1 is 1.23 bits per heavy atom. The summed E-state index contributed by atoms with van der Waals surface area (Å²) in [7, 11) is 0. The van der Waals surface area contributed by atoms with E-state index < -0.39 is 5.60 Å². The largest absolute Gasteiger partial charge is 0.483 e. The number of aromatic amines is 1. The molecule has 7 heteroatoms. The number of nitrogens with one attached hydrogen (secondary N) is 1. The lowest BCUT2D eigenvalue weighted by Gasteiger charge is -2.35. The number of benzene rings is 1. The SMILES string of the molecule is CC(C)(C)OC(=O)N1CCN(Cc2c[nH]c3ccc(OCI)cc23)CC1. The first-order chi connectivity index (χ1) is 12.4. The van der Waals surface area contributed by atoms with Gasteiger partial charge in [0.05, 0.1) is 0 Å². The maximum absolute atomic E-state index is 12.2. The minimum Gasteiger partial charge on any atom is -0.483 e. The molecule has 3 rings (SSSR count). The van der Waals surface area contributed by atoms with Crippen LogP contribution in [0.25, 0.3) is 10.9 Å². The number of nitrogens with zero attached hydrogens (tertiary/aromatic N) is 2. The van der Waals surface area contributed by atoms with Crippen LogP contribution in [-0.4, -0.2) is 57.3 Å².